The van der Waals surface area contributed by atoms with Gasteiger partial charge in [0.2, 0.25) is 0 Å². The van der Waals surface area contributed by atoms with Crippen molar-refractivity contribution in [2.24, 2.45) is 4.99 Å². The summed E-state index contributed by atoms with van der Waals surface area (Å²) in [5.41, 5.74) is 2.19. The summed E-state index contributed by atoms with van der Waals surface area (Å²) in [6, 6.07) is 17.3. The van der Waals surface area contributed by atoms with Crippen LogP contribution in [0.2, 0.25) is 0 Å². The Kier molecular flexibility index (Phi) is 9.64. The van der Waals surface area contributed by atoms with Crippen molar-refractivity contribution in [1.29, 1.82) is 0 Å². The molecule has 3 aromatic carbocycles. The van der Waals surface area contributed by atoms with Gasteiger partial charge in [0, 0.05) is 7.11 Å². The summed E-state index contributed by atoms with van der Waals surface area (Å²) in [6.45, 7) is 0.950. The van der Waals surface area contributed by atoms with Crippen LogP contribution < -0.4 is 14.2 Å². The first-order chi connectivity index (χ1) is 18.4. The summed E-state index contributed by atoms with van der Waals surface area (Å²) in [5, 5.41) is 0.570. The fourth-order valence-electron chi connectivity index (χ4n) is 3.64. The Hall–Kier alpha value is -3.09. The molecule has 38 heavy (non-hydrogen) atoms. The molecule has 0 spiro atoms. The number of hydrogen-bond donors (Lipinski definition) is 0. The number of ether oxygens (including phenoxy) is 4. The number of carbonyl (C=O) groups excluding carboxylic acids is 1. The summed E-state index contributed by atoms with van der Waals surface area (Å²) in [4.78, 5) is 20.1. The third kappa shape index (κ3) is 6.86. The van der Waals surface area contributed by atoms with Crippen LogP contribution in [0.5, 0.6) is 17.2 Å². The maximum Gasteiger partial charge on any atom is 0.266 e. The molecule has 0 N–H and O–H groups in total. The number of aliphatic imine (C=N–C) groups is 1. The number of amides is 1. The zero-order chi connectivity index (χ0) is 27.1. The maximum atomic E-state index is 13.5. The second-order valence-electron chi connectivity index (χ2n) is 8.11. The average molecular weight is 648 g/mol. The molecule has 0 saturated carbocycles. The standard InChI is InChI=1S/C28H26FIN2O5S/c1-34-12-11-32-27(33)25(38-28(32)31-21-7-9-22(35-2)10-8-21)16-19-14-23(30)26(24(15-19)36-3)37-17-18-5-4-6-20(29)13-18/h4-10,13-16H,11-12,17H2,1-3H3/b25-16-,31-28?. The summed E-state index contributed by atoms with van der Waals surface area (Å²) >= 11 is 3.46. The molecular weight excluding hydrogens is 622 g/mol. The van der Waals surface area contributed by atoms with Crippen molar-refractivity contribution in [2.45, 2.75) is 6.61 Å². The lowest BCUT2D eigenvalue weighted by Crippen LogP contribution is -2.32. The van der Waals surface area contributed by atoms with E-state index in [1.165, 1.54) is 23.9 Å². The molecule has 1 aliphatic rings. The first kappa shape index (κ1) is 27.9. The molecule has 10 heteroatoms. The molecule has 0 unspecified atom stereocenters. The molecule has 1 amide bonds. The fraction of sp³-hybridized carbons (Fsp3) is 0.214. The molecule has 0 aliphatic carbocycles. The Morgan fingerprint density at radius 1 is 1.05 bits per heavy atom. The van der Waals surface area contributed by atoms with Gasteiger partial charge in [-0.15, -0.1) is 0 Å². The summed E-state index contributed by atoms with van der Waals surface area (Å²) in [5.74, 6) is 1.32. The zero-order valence-corrected chi connectivity index (χ0v) is 24.0. The summed E-state index contributed by atoms with van der Waals surface area (Å²) < 4.78 is 36.3. The minimum Gasteiger partial charge on any atom is -0.497 e. The Morgan fingerprint density at radius 3 is 2.53 bits per heavy atom. The molecule has 7 nitrogen and oxygen atoms in total. The Bertz CT molecular complexity index is 1360. The van der Waals surface area contributed by atoms with E-state index in [0.29, 0.717) is 46.0 Å². The van der Waals surface area contributed by atoms with Crippen LogP contribution in [0.4, 0.5) is 10.1 Å². The highest BCUT2D eigenvalue weighted by Crippen LogP contribution is 2.38. The van der Waals surface area contributed by atoms with E-state index in [1.807, 2.05) is 42.5 Å². The van der Waals surface area contributed by atoms with Gasteiger partial charge in [0.25, 0.3) is 5.91 Å². The minimum absolute atomic E-state index is 0.153. The topological polar surface area (TPSA) is 69.6 Å². The molecule has 0 bridgehead atoms. The number of methoxy groups -OCH3 is 3. The van der Waals surface area contributed by atoms with Crippen molar-refractivity contribution in [2.75, 3.05) is 34.5 Å². The van der Waals surface area contributed by atoms with Crippen molar-refractivity contribution in [3.63, 3.8) is 0 Å². The summed E-state index contributed by atoms with van der Waals surface area (Å²) in [7, 11) is 4.75. The van der Waals surface area contributed by atoms with E-state index in [4.69, 9.17) is 23.9 Å². The Labute approximate surface area is 238 Å². The molecular formula is C28H26FIN2O5S. The second-order valence-corrected chi connectivity index (χ2v) is 10.3. The van der Waals surface area contributed by atoms with Gasteiger partial charge in [0.05, 0.1) is 41.5 Å². The van der Waals surface area contributed by atoms with Crippen LogP contribution in [0.1, 0.15) is 11.1 Å². The number of nitrogens with zero attached hydrogens (tertiary/aromatic N) is 2. The molecule has 1 aliphatic heterocycles. The van der Waals surface area contributed by atoms with E-state index >= 15 is 0 Å². The predicted molar refractivity (Wildman–Crippen MR) is 156 cm³/mol. The smallest absolute Gasteiger partial charge is 0.266 e. The number of rotatable bonds is 10. The molecule has 1 heterocycles. The molecule has 0 atom stereocenters. The van der Waals surface area contributed by atoms with Gasteiger partial charge in [0.1, 0.15) is 18.2 Å². The summed E-state index contributed by atoms with van der Waals surface area (Å²) in [6.07, 6.45) is 1.81. The third-order valence-corrected chi connectivity index (χ3v) is 7.33. The van der Waals surface area contributed by atoms with E-state index in [0.717, 1.165) is 14.9 Å². The van der Waals surface area contributed by atoms with E-state index in [2.05, 4.69) is 22.6 Å². The van der Waals surface area contributed by atoms with Gasteiger partial charge in [-0.3, -0.25) is 9.69 Å². The maximum absolute atomic E-state index is 13.5. The fourth-order valence-corrected chi connectivity index (χ4v) is 5.44. The number of carbonyl (C=O) groups is 1. The molecule has 198 valence electrons. The van der Waals surface area contributed by atoms with Crippen LogP contribution in [0.25, 0.3) is 6.08 Å². The van der Waals surface area contributed by atoms with Gasteiger partial charge in [-0.05, 0) is 100 Å². The van der Waals surface area contributed by atoms with Crippen molar-refractivity contribution >= 4 is 57.2 Å². The number of halogens is 2. The van der Waals surface area contributed by atoms with Gasteiger partial charge in [0.15, 0.2) is 16.7 Å². The highest BCUT2D eigenvalue weighted by atomic mass is 127. The highest BCUT2D eigenvalue weighted by molar-refractivity contribution is 14.1. The highest BCUT2D eigenvalue weighted by Gasteiger charge is 2.33. The first-order valence-electron chi connectivity index (χ1n) is 11.6. The molecule has 0 aromatic heterocycles. The van der Waals surface area contributed by atoms with Crippen LogP contribution in [-0.4, -0.2) is 50.5 Å². The average Bonchev–Trinajstić information content (AvgIpc) is 3.20. The largest absolute Gasteiger partial charge is 0.497 e. The Morgan fingerprint density at radius 2 is 1.84 bits per heavy atom. The van der Waals surface area contributed by atoms with Crippen LogP contribution in [-0.2, 0) is 16.1 Å². The molecule has 4 rings (SSSR count). The zero-order valence-electron chi connectivity index (χ0n) is 21.1. The first-order valence-corrected chi connectivity index (χ1v) is 13.5. The van der Waals surface area contributed by atoms with Gasteiger partial charge >= 0.3 is 0 Å². The van der Waals surface area contributed by atoms with Crippen LogP contribution in [0, 0.1) is 9.39 Å². The van der Waals surface area contributed by atoms with Crippen molar-refractivity contribution in [3.05, 3.63) is 86.1 Å². The SMILES string of the molecule is COCCN1C(=O)/C(=C/c2cc(I)c(OCc3cccc(F)c3)c(OC)c2)SC1=Nc1ccc(OC)cc1. The number of amidine groups is 1. The van der Waals surface area contributed by atoms with E-state index in [9.17, 15) is 9.18 Å². The second kappa shape index (κ2) is 13.1. The van der Waals surface area contributed by atoms with Gasteiger partial charge < -0.3 is 18.9 Å². The Balaban J connectivity index is 1.59. The predicted octanol–water partition coefficient (Wildman–Crippen LogP) is 6.28. The molecule has 0 radical (unpaired) electrons. The number of benzene rings is 3. The third-order valence-electron chi connectivity index (χ3n) is 5.53. The normalized spacial score (nSPS) is 15.4. The van der Waals surface area contributed by atoms with E-state index < -0.39 is 0 Å². The lowest BCUT2D eigenvalue weighted by atomic mass is 10.1. The monoisotopic (exact) mass is 648 g/mol. The van der Waals surface area contributed by atoms with Crippen molar-refractivity contribution in [1.82, 2.24) is 4.90 Å². The van der Waals surface area contributed by atoms with Gasteiger partial charge in [-0.2, -0.15) is 0 Å². The minimum atomic E-state index is -0.317. The van der Waals surface area contributed by atoms with Crippen molar-refractivity contribution in [3.8, 4) is 17.2 Å². The number of thioether (sulfide) groups is 1. The van der Waals surface area contributed by atoms with E-state index in [1.54, 1.807) is 38.4 Å². The van der Waals surface area contributed by atoms with Gasteiger partial charge in [-0.25, -0.2) is 9.38 Å². The molecule has 1 fully saturated rings. The quantitative estimate of drug-likeness (QED) is 0.191. The van der Waals surface area contributed by atoms with Crippen LogP contribution >= 0.6 is 34.4 Å². The number of hydrogen-bond acceptors (Lipinski definition) is 7. The lowest BCUT2D eigenvalue weighted by molar-refractivity contribution is -0.122. The van der Waals surface area contributed by atoms with Crippen molar-refractivity contribution < 1.29 is 28.1 Å². The van der Waals surface area contributed by atoms with Gasteiger partial charge in [-0.1, -0.05) is 12.1 Å². The molecule has 3 aromatic rings. The molecule has 1 saturated heterocycles. The lowest BCUT2D eigenvalue weighted by Gasteiger charge is -2.15. The van der Waals surface area contributed by atoms with E-state index in [-0.39, 0.29) is 18.3 Å². The van der Waals surface area contributed by atoms with Crippen LogP contribution in [0.15, 0.2) is 70.6 Å². The van der Waals surface area contributed by atoms with Crippen LogP contribution in [0.3, 0.4) is 0 Å².